The normalized spacial score (nSPS) is 20.4. The van der Waals surface area contributed by atoms with Crippen molar-refractivity contribution in [3.63, 3.8) is 0 Å². The fourth-order valence-corrected chi connectivity index (χ4v) is 7.59. The molecule has 280 valence electrons. The van der Waals surface area contributed by atoms with Gasteiger partial charge < -0.3 is 24.3 Å². The fraction of sp³-hybridized carbons (Fsp3) is 0.474. The number of nitrogens with zero attached hydrogens (tertiary/aromatic N) is 5. The molecular weight excluding hydrogens is 691 g/mol. The van der Waals surface area contributed by atoms with Crippen LogP contribution in [0.25, 0.3) is 32.9 Å². The van der Waals surface area contributed by atoms with Crippen LogP contribution < -0.4 is 25.2 Å². The lowest BCUT2D eigenvalue weighted by Crippen LogP contribution is -2.43. The van der Waals surface area contributed by atoms with Gasteiger partial charge in [-0.3, -0.25) is 14.9 Å². The van der Waals surface area contributed by atoms with Crippen LogP contribution in [0.5, 0.6) is 11.8 Å². The lowest BCUT2D eigenvalue weighted by atomic mass is 9.95. The predicted octanol–water partition coefficient (Wildman–Crippen LogP) is 5.31. The Hall–Kier alpha value is -4.75. The SMILES string of the molecule is C#Cc1c(F)ccc2cc(OC(=O)NCCOCCOC)cc(-c3ncc4c(N5CCCCCN5)nc(OC[C@@]56CCCN5C[C@H](F)C6)nc4c3F)c12. The predicted molar refractivity (Wildman–Crippen MR) is 193 cm³/mol. The molecular formula is C38H42F3N7O5. The average Bonchev–Trinajstić information content (AvgIpc) is 3.53. The van der Waals surface area contributed by atoms with E-state index in [1.165, 1.54) is 30.5 Å². The van der Waals surface area contributed by atoms with E-state index in [4.69, 9.17) is 30.4 Å². The quantitative estimate of drug-likeness (QED) is 0.146. The molecule has 2 atom stereocenters. The molecule has 1 amide bonds. The number of hydrogen-bond acceptors (Lipinski definition) is 11. The van der Waals surface area contributed by atoms with Crippen LogP contribution in [0.15, 0.2) is 30.5 Å². The number of carbonyl (C=O) groups excluding carboxylic acids is 1. The van der Waals surface area contributed by atoms with Crippen LogP contribution in [0.4, 0.5) is 23.8 Å². The van der Waals surface area contributed by atoms with E-state index in [-0.39, 0.29) is 59.2 Å². The van der Waals surface area contributed by atoms with Crippen molar-refractivity contribution in [1.82, 2.24) is 30.6 Å². The van der Waals surface area contributed by atoms with Gasteiger partial charge in [-0.15, -0.1) is 6.42 Å². The maximum atomic E-state index is 17.1. The molecule has 3 aliphatic heterocycles. The Morgan fingerprint density at radius 3 is 2.87 bits per heavy atom. The number of terminal acetylenes is 1. The number of alkyl halides is 1. The second-order valence-corrected chi connectivity index (χ2v) is 13.6. The summed E-state index contributed by atoms with van der Waals surface area (Å²) < 4.78 is 69.0. The number of hydrogen-bond donors (Lipinski definition) is 2. The van der Waals surface area contributed by atoms with Gasteiger partial charge in [0.15, 0.2) is 11.6 Å². The zero-order valence-corrected chi connectivity index (χ0v) is 29.6. The number of pyridine rings is 1. The van der Waals surface area contributed by atoms with Gasteiger partial charge in [-0.25, -0.2) is 23.4 Å². The number of aromatic nitrogens is 3. The Kier molecular flexibility index (Phi) is 11.1. The minimum absolute atomic E-state index is 0.0467. The number of ether oxygens (including phenoxy) is 4. The molecule has 0 aliphatic carbocycles. The third-order valence-corrected chi connectivity index (χ3v) is 10.1. The summed E-state index contributed by atoms with van der Waals surface area (Å²) in [6.45, 7) is 3.79. The van der Waals surface area contributed by atoms with Gasteiger partial charge in [0.25, 0.3) is 0 Å². The maximum Gasteiger partial charge on any atom is 0.412 e. The number of halogens is 3. The smallest absolute Gasteiger partial charge is 0.412 e. The summed E-state index contributed by atoms with van der Waals surface area (Å²) in [6.07, 6.45) is 10.4. The number of rotatable bonds is 12. The van der Waals surface area contributed by atoms with E-state index < -0.39 is 29.4 Å². The molecule has 2 N–H and O–H groups in total. The van der Waals surface area contributed by atoms with E-state index in [1.54, 1.807) is 7.11 Å². The van der Waals surface area contributed by atoms with Gasteiger partial charge in [-0.05, 0) is 55.8 Å². The second-order valence-electron chi connectivity index (χ2n) is 13.6. The molecule has 0 radical (unpaired) electrons. The van der Waals surface area contributed by atoms with Crippen LogP contribution >= 0.6 is 0 Å². The van der Waals surface area contributed by atoms with Gasteiger partial charge >= 0.3 is 12.1 Å². The Balaban J connectivity index is 1.29. The van der Waals surface area contributed by atoms with E-state index in [0.717, 1.165) is 38.6 Å². The van der Waals surface area contributed by atoms with Crippen molar-refractivity contribution in [3.8, 4) is 35.4 Å². The van der Waals surface area contributed by atoms with Crippen LogP contribution in [0, 0.1) is 24.0 Å². The third-order valence-electron chi connectivity index (χ3n) is 10.1. The molecule has 5 heterocycles. The molecule has 3 aliphatic rings. The number of hydrazine groups is 1. The van der Waals surface area contributed by atoms with E-state index in [1.807, 2.05) is 5.01 Å². The first kappa shape index (κ1) is 36.6. The average molecular weight is 734 g/mol. The van der Waals surface area contributed by atoms with Crippen LogP contribution in [0.2, 0.25) is 0 Å². The number of anilines is 1. The van der Waals surface area contributed by atoms with E-state index >= 15 is 8.78 Å². The Bertz CT molecular complexity index is 2020. The first-order valence-corrected chi connectivity index (χ1v) is 17.9. The highest BCUT2D eigenvalue weighted by atomic mass is 19.1. The summed E-state index contributed by atoms with van der Waals surface area (Å²) >= 11 is 0. The van der Waals surface area contributed by atoms with Gasteiger partial charge in [-0.1, -0.05) is 18.4 Å². The summed E-state index contributed by atoms with van der Waals surface area (Å²) in [7, 11) is 1.56. The van der Waals surface area contributed by atoms with E-state index in [2.05, 4.69) is 31.5 Å². The van der Waals surface area contributed by atoms with Gasteiger partial charge in [0.1, 0.15) is 35.6 Å². The molecule has 12 nitrogen and oxygen atoms in total. The summed E-state index contributed by atoms with van der Waals surface area (Å²) in [4.78, 5) is 28.7. The summed E-state index contributed by atoms with van der Waals surface area (Å²) in [5.74, 6) is 1.31. The minimum atomic E-state index is -0.946. The van der Waals surface area contributed by atoms with Crippen molar-refractivity contribution < 1.29 is 36.9 Å². The second kappa shape index (κ2) is 16.1. The van der Waals surface area contributed by atoms with Crippen molar-refractivity contribution in [2.45, 2.75) is 50.2 Å². The lowest BCUT2D eigenvalue weighted by Gasteiger charge is -2.31. The van der Waals surface area contributed by atoms with Crippen molar-refractivity contribution in [2.24, 2.45) is 0 Å². The van der Waals surface area contributed by atoms with Gasteiger partial charge in [0.05, 0.1) is 36.3 Å². The molecule has 0 spiro atoms. The molecule has 0 saturated carbocycles. The highest BCUT2D eigenvalue weighted by molar-refractivity contribution is 6.03. The van der Waals surface area contributed by atoms with Crippen LogP contribution in [0.3, 0.4) is 0 Å². The molecule has 2 aromatic heterocycles. The van der Waals surface area contributed by atoms with Crippen molar-refractivity contribution in [3.05, 3.63) is 47.7 Å². The van der Waals surface area contributed by atoms with Gasteiger partial charge in [0.2, 0.25) is 0 Å². The number of nitrogens with one attached hydrogen (secondary N) is 2. The fourth-order valence-electron chi connectivity index (χ4n) is 7.59. The van der Waals surface area contributed by atoms with E-state index in [0.29, 0.717) is 55.9 Å². The highest BCUT2D eigenvalue weighted by Crippen LogP contribution is 2.42. The summed E-state index contributed by atoms with van der Waals surface area (Å²) in [6, 6.07) is 5.52. The van der Waals surface area contributed by atoms with Gasteiger partial charge in [0, 0.05) is 56.9 Å². The molecule has 0 unspecified atom stereocenters. The topological polar surface area (TPSA) is 123 Å². The van der Waals surface area contributed by atoms with Crippen molar-refractivity contribution >= 4 is 33.6 Å². The molecule has 3 saturated heterocycles. The maximum absolute atomic E-state index is 17.1. The molecule has 7 rings (SSSR count). The monoisotopic (exact) mass is 733 g/mol. The Labute approximate surface area is 305 Å². The zero-order valence-electron chi connectivity index (χ0n) is 29.6. The van der Waals surface area contributed by atoms with Crippen molar-refractivity contribution in [2.75, 3.05) is 71.3 Å². The number of carbonyl (C=O) groups is 1. The summed E-state index contributed by atoms with van der Waals surface area (Å²) in [5.41, 5.74) is 2.61. The lowest BCUT2D eigenvalue weighted by molar-refractivity contribution is 0.0719. The largest absolute Gasteiger partial charge is 0.461 e. The first-order valence-electron chi connectivity index (χ1n) is 17.9. The molecule has 0 bridgehead atoms. The molecule has 2 aromatic carbocycles. The van der Waals surface area contributed by atoms with E-state index in [9.17, 15) is 9.18 Å². The molecule has 53 heavy (non-hydrogen) atoms. The number of amides is 1. The Morgan fingerprint density at radius 1 is 1.13 bits per heavy atom. The molecule has 3 fully saturated rings. The third kappa shape index (κ3) is 7.68. The number of benzene rings is 2. The van der Waals surface area contributed by atoms with Crippen LogP contribution in [0.1, 0.15) is 44.1 Å². The minimum Gasteiger partial charge on any atom is -0.461 e. The van der Waals surface area contributed by atoms with Crippen molar-refractivity contribution in [1.29, 1.82) is 0 Å². The van der Waals surface area contributed by atoms with Crippen LogP contribution in [-0.2, 0) is 9.47 Å². The Morgan fingerprint density at radius 2 is 2.02 bits per heavy atom. The molecule has 4 aromatic rings. The standard InChI is InChI=1S/C38H42F3N7O5/c1-3-27-30(40)9-8-24-18-26(53-37(49)42-12-15-51-17-16-50-2)19-28(31(24)27)33-32(41)34-29(21-43-33)35(48-14-6-4-5-11-44-48)46-36(45-34)52-23-38-10-7-13-47(38)22-25(39)20-38/h1,8-9,18-19,21,25,44H,4-7,10-17,20,22-23H2,2H3,(H,42,49)/t25-,38+/m1/s1. The zero-order chi connectivity index (χ0) is 37.0. The summed E-state index contributed by atoms with van der Waals surface area (Å²) in [5, 5.41) is 5.39. The van der Waals surface area contributed by atoms with Gasteiger partial charge in [-0.2, -0.15) is 9.97 Å². The number of fused-ring (bicyclic) bond motifs is 3. The number of methoxy groups -OCH3 is 1. The van der Waals surface area contributed by atoms with Crippen LogP contribution in [-0.4, -0.2) is 104 Å². The first-order chi connectivity index (χ1) is 25.8. The molecule has 15 heteroatoms. The highest BCUT2D eigenvalue weighted by Gasteiger charge is 2.49.